The molecule has 1 heterocycles. The van der Waals surface area contributed by atoms with Crippen molar-refractivity contribution < 1.29 is 19.4 Å². The van der Waals surface area contributed by atoms with Crippen LogP contribution in [0.2, 0.25) is 0 Å². The number of hydrogen-bond donors (Lipinski definition) is 2. The quantitative estimate of drug-likeness (QED) is 0.675. The van der Waals surface area contributed by atoms with Gasteiger partial charge in [-0.1, -0.05) is 0 Å². The molecule has 0 saturated carbocycles. The van der Waals surface area contributed by atoms with E-state index in [4.69, 9.17) is 14.8 Å². The number of nitrogens with zero attached hydrogens (tertiary/aromatic N) is 1. The molecule has 0 amide bonds. The van der Waals surface area contributed by atoms with Gasteiger partial charge < -0.3 is 19.4 Å². The normalized spacial score (nSPS) is 10.1. The Labute approximate surface area is 82.5 Å². The maximum absolute atomic E-state index is 8.61. The van der Waals surface area contributed by atoms with E-state index in [0.717, 1.165) is 0 Å². The summed E-state index contributed by atoms with van der Waals surface area (Å²) in [6, 6.07) is 3.16. The van der Waals surface area contributed by atoms with Crippen LogP contribution in [0.15, 0.2) is 18.3 Å². The zero-order valence-electron chi connectivity index (χ0n) is 8.04. The first kappa shape index (κ1) is 10.8. The number of ether oxygens (including phenoxy) is 1. The van der Waals surface area contributed by atoms with Gasteiger partial charge in [0.2, 0.25) is 0 Å². The molecule has 0 radical (unpaired) electrons. The second-order valence-electron chi connectivity index (χ2n) is 2.92. The Balaban J connectivity index is 2.80. The molecular weight excluding hydrogens is 185 g/mol. The van der Waals surface area contributed by atoms with Gasteiger partial charge in [0, 0.05) is 6.20 Å². The van der Waals surface area contributed by atoms with E-state index in [0.29, 0.717) is 0 Å². The van der Waals surface area contributed by atoms with Crippen molar-refractivity contribution in [1.29, 1.82) is 0 Å². The summed E-state index contributed by atoms with van der Waals surface area (Å²) in [7, 11) is -1.87. The van der Waals surface area contributed by atoms with E-state index in [1.165, 1.54) is 6.20 Å². The highest BCUT2D eigenvalue weighted by atomic mass is 16.6. The molecule has 0 aromatic carbocycles. The molecule has 1 aromatic rings. The summed E-state index contributed by atoms with van der Waals surface area (Å²) in [6.45, 7) is 3.68. The van der Waals surface area contributed by atoms with Gasteiger partial charge in [0.05, 0.1) is 6.10 Å². The highest BCUT2D eigenvalue weighted by Crippen LogP contribution is 2.24. The fraction of sp³-hybridized carbons (Fsp3) is 0.375. The lowest BCUT2D eigenvalue weighted by Gasteiger charge is -2.12. The molecule has 1 rings (SSSR count). The number of aromatic nitrogens is 1. The Kier molecular flexibility index (Phi) is 3.73. The van der Waals surface area contributed by atoms with Gasteiger partial charge in [-0.15, -0.1) is 0 Å². The van der Waals surface area contributed by atoms with Crippen LogP contribution in [0, 0.1) is 0 Å². The zero-order valence-corrected chi connectivity index (χ0v) is 8.04. The zero-order chi connectivity index (χ0) is 10.6. The topological polar surface area (TPSA) is 71.8 Å². The van der Waals surface area contributed by atoms with Gasteiger partial charge in [0.1, 0.15) is 0 Å². The second kappa shape index (κ2) is 4.83. The van der Waals surface area contributed by atoms with E-state index >= 15 is 0 Å². The number of rotatable bonds is 4. The van der Waals surface area contributed by atoms with Crippen molar-refractivity contribution in [1.82, 2.24) is 4.98 Å². The third kappa shape index (κ3) is 3.23. The van der Waals surface area contributed by atoms with Crippen molar-refractivity contribution in [3.63, 3.8) is 0 Å². The van der Waals surface area contributed by atoms with Crippen LogP contribution in [0.1, 0.15) is 13.8 Å². The highest BCUT2D eigenvalue weighted by Gasteiger charge is 2.16. The van der Waals surface area contributed by atoms with Gasteiger partial charge in [-0.05, 0) is 26.0 Å². The third-order valence-corrected chi connectivity index (χ3v) is 1.32. The summed E-state index contributed by atoms with van der Waals surface area (Å²) in [5, 5.41) is 17.2. The number of pyridine rings is 1. The molecule has 14 heavy (non-hydrogen) atoms. The first-order valence-electron chi connectivity index (χ1n) is 4.24. The first-order valence-corrected chi connectivity index (χ1v) is 4.24. The molecule has 0 unspecified atom stereocenters. The van der Waals surface area contributed by atoms with Gasteiger partial charge >= 0.3 is 7.32 Å². The lowest BCUT2D eigenvalue weighted by molar-refractivity contribution is 0.216. The van der Waals surface area contributed by atoms with Crippen LogP contribution in [0.5, 0.6) is 11.6 Å². The van der Waals surface area contributed by atoms with Crippen molar-refractivity contribution in [2.45, 2.75) is 20.0 Å². The number of hydrogen-bond acceptors (Lipinski definition) is 5. The monoisotopic (exact) mass is 197 g/mol. The predicted octanol–water partition coefficient (Wildman–Crippen LogP) is 0.217. The summed E-state index contributed by atoms with van der Waals surface area (Å²) in [4.78, 5) is 3.90. The largest absolute Gasteiger partial charge is 0.707 e. The molecule has 0 aliphatic heterocycles. The highest BCUT2D eigenvalue weighted by molar-refractivity contribution is 6.33. The molecule has 0 aliphatic rings. The minimum Gasteiger partial charge on any atom is -0.508 e. The summed E-state index contributed by atoms with van der Waals surface area (Å²) in [5.74, 6) is 0.451. The molecular formula is C8H12BNO4. The summed E-state index contributed by atoms with van der Waals surface area (Å²) < 4.78 is 9.96. The average Bonchev–Trinajstić information content (AvgIpc) is 2.06. The Morgan fingerprint density at radius 2 is 2.14 bits per heavy atom. The Bertz CT molecular complexity index is 263. The van der Waals surface area contributed by atoms with E-state index < -0.39 is 7.32 Å². The first-order chi connectivity index (χ1) is 6.59. The van der Waals surface area contributed by atoms with Crippen LogP contribution < -0.4 is 9.39 Å². The standard InChI is InChI=1S/C8H12BNO4/c1-6(2)13-8-7(14-9(11)12)4-3-5-10-8/h3-6,11-12H,1-2H3. The van der Waals surface area contributed by atoms with Crippen molar-refractivity contribution >= 4 is 7.32 Å². The van der Waals surface area contributed by atoms with E-state index in [2.05, 4.69) is 9.64 Å². The van der Waals surface area contributed by atoms with Gasteiger partial charge in [-0.3, -0.25) is 0 Å². The fourth-order valence-corrected chi connectivity index (χ4v) is 0.891. The molecule has 5 nitrogen and oxygen atoms in total. The molecule has 0 fully saturated rings. The van der Waals surface area contributed by atoms with Crippen LogP contribution in [0.3, 0.4) is 0 Å². The lowest BCUT2D eigenvalue weighted by Crippen LogP contribution is -2.21. The molecule has 0 bridgehead atoms. The summed E-state index contributed by atoms with van der Waals surface area (Å²) >= 11 is 0. The molecule has 1 aromatic heterocycles. The lowest BCUT2D eigenvalue weighted by atomic mass is 10.2. The van der Waals surface area contributed by atoms with Crippen LogP contribution in [0.4, 0.5) is 0 Å². The second-order valence-corrected chi connectivity index (χ2v) is 2.92. The van der Waals surface area contributed by atoms with E-state index in [1.807, 2.05) is 13.8 Å². The summed E-state index contributed by atoms with van der Waals surface area (Å²) in [5.41, 5.74) is 0. The minimum absolute atomic E-state index is 0.0527. The Hall–Kier alpha value is -1.27. The molecule has 0 aliphatic carbocycles. The predicted molar refractivity (Wildman–Crippen MR) is 50.8 cm³/mol. The molecule has 76 valence electrons. The third-order valence-electron chi connectivity index (χ3n) is 1.32. The van der Waals surface area contributed by atoms with E-state index in [1.54, 1.807) is 12.1 Å². The van der Waals surface area contributed by atoms with Crippen LogP contribution in [0.25, 0.3) is 0 Å². The van der Waals surface area contributed by atoms with Gasteiger partial charge in [0.25, 0.3) is 5.88 Å². The Morgan fingerprint density at radius 3 is 2.71 bits per heavy atom. The van der Waals surface area contributed by atoms with Crippen molar-refractivity contribution in [2.24, 2.45) is 0 Å². The van der Waals surface area contributed by atoms with Gasteiger partial charge in [-0.25, -0.2) is 4.98 Å². The van der Waals surface area contributed by atoms with E-state index in [-0.39, 0.29) is 17.7 Å². The maximum Gasteiger partial charge on any atom is 0.707 e. The van der Waals surface area contributed by atoms with Crippen LogP contribution >= 0.6 is 0 Å². The SMILES string of the molecule is CC(C)Oc1ncccc1OB(O)O. The summed E-state index contributed by atoms with van der Waals surface area (Å²) in [6.07, 6.45) is 1.48. The average molecular weight is 197 g/mol. The van der Waals surface area contributed by atoms with Crippen LogP contribution in [-0.4, -0.2) is 28.5 Å². The molecule has 0 spiro atoms. The molecule has 0 atom stereocenters. The Morgan fingerprint density at radius 1 is 1.43 bits per heavy atom. The fourth-order valence-electron chi connectivity index (χ4n) is 0.891. The van der Waals surface area contributed by atoms with Crippen molar-refractivity contribution in [3.8, 4) is 11.6 Å². The maximum atomic E-state index is 8.61. The smallest absolute Gasteiger partial charge is 0.508 e. The molecule has 2 N–H and O–H groups in total. The van der Waals surface area contributed by atoms with E-state index in [9.17, 15) is 0 Å². The van der Waals surface area contributed by atoms with Gasteiger partial charge in [0.15, 0.2) is 5.75 Å². The van der Waals surface area contributed by atoms with Crippen LogP contribution in [-0.2, 0) is 0 Å². The minimum atomic E-state index is -1.87. The molecule has 0 saturated heterocycles. The van der Waals surface area contributed by atoms with Gasteiger partial charge in [-0.2, -0.15) is 0 Å². The van der Waals surface area contributed by atoms with Crippen molar-refractivity contribution in [3.05, 3.63) is 18.3 Å². The van der Waals surface area contributed by atoms with Crippen molar-refractivity contribution in [2.75, 3.05) is 0 Å². The molecule has 6 heteroatoms.